The van der Waals surface area contributed by atoms with E-state index in [-0.39, 0.29) is 11.7 Å². The van der Waals surface area contributed by atoms with Crippen molar-refractivity contribution < 1.29 is 4.79 Å². The second-order valence-corrected chi connectivity index (χ2v) is 10.4. The number of nitrogens with zero attached hydrogens (tertiary/aromatic N) is 3. The number of nitrogens with one attached hydrogen (secondary N) is 2. The Kier molecular flexibility index (Phi) is 9.01. The van der Waals surface area contributed by atoms with Crippen molar-refractivity contribution in [3.8, 4) is 0 Å². The van der Waals surface area contributed by atoms with Crippen LogP contribution in [0.25, 0.3) is 0 Å². The first kappa shape index (κ1) is 23.4. The number of hydrogen-bond acceptors (Lipinski definition) is 8. The third kappa shape index (κ3) is 8.41. The Bertz CT molecular complexity index is 1050. The van der Waals surface area contributed by atoms with E-state index in [0.717, 1.165) is 20.1 Å². The van der Waals surface area contributed by atoms with E-state index in [1.807, 2.05) is 31.2 Å². The molecule has 3 rings (SSSR count). The summed E-state index contributed by atoms with van der Waals surface area (Å²) in [6.45, 7) is 4.09. The Labute approximate surface area is 199 Å². The molecule has 0 unspecified atom stereocenters. The summed E-state index contributed by atoms with van der Waals surface area (Å²) in [6.07, 6.45) is 1.41. The summed E-state index contributed by atoms with van der Waals surface area (Å²) in [7, 11) is 0. The summed E-state index contributed by atoms with van der Waals surface area (Å²) < 4.78 is 1.64. The standard InChI is InChI=1S/C21H21N5OS4/c1-14-3-7-16(8-4-14)12-29-20-25-26-21(31-20)30-13-18(27)24-22-11-19(28)23-17-9-5-15(2)6-10-17/h3-11H,12-13H2,1-2H3,(H,23,28)(H,24,27)/b22-11+. The van der Waals surface area contributed by atoms with Gasteiger partial charge in [-0.15, -0.1) is 10.2 Å². The molecule has 1 amide bonds. The van der Waals surface area contributed by atoms with E-state index < -0.39 is 0 Å². The second-order valence-electron chi connectivity index (χ2n) is 6.55. The average molecular weight is 488 g/mol. The second kappa shape index (κ2) is 11.9. The first-order valence-electron chi connectivity index (χ1n) is 9.32. The number of benzene rings is 2. The predicted octanol–water partition coefficient (Wildman–Crippen LogP) is 5.08. The Hall–Kier alpha value is -2.27. The van der Waals surface area contributed by atoms with E-state index in [1.54, 1.807) is 11.8 Å². The van der Waals surface area contributed by atoms with Crippen LogP contribution in [0.3, 0.4) is 0 Å². The maximum atomic E-state index is 12.0. The minimum absolute atomic E-state index is 0.201. The number of hydrazone groups is 1. The molecule has 0 aliphatic rings. The van der Waals surface area contributed by atoms with Crippen LogP contribution in [0.15, 0.2) is 62.3 Å². The molecule has 0 aliphatic heterocycles. The van der Waals surface area contributed by atoms with Gasteiger partial charge in [0.15, 0.2) is 8.68 Å². The first-order valence-corrected chi connectivity index (χ1v) is 12.5. The van der Waals surface area contributed by atoms with Crippen LogP contribution in [-0.2, 0) is 10.5 Å². The highest BCUT2D eigenvalue weighted by Crippen LogP contribution is 2.30. The number of rotatable bonds is 9. The molecular formula is C21H21N5OS4. The van der Waals surface area contributed by atoms with Crippen molar-refractivity contribution in [2.75, 3.05) is 11.1 Å². The lowest BCUT2D eigenvalue weighted by atomic mass is 10.2. The van der Waals surface area contributed by atoms with Crippen LogP contribution in [0.2, 0.25) is 0 Å². The Morgan fingerprint density at radius 2 is 1.65 bits per heavy atom. The molecule has 0 fully saturated rings. The number of thiocarbonyl (C=S) groups is 1. The van der Waals surface area contributed by atoms with E-state index in [1.165, 1.54) is 46.0 Å². The van der Waals surface area contributed by atoms with Crippen molar-refractivity contribution in [1.29, 1.82) is 0 Å². The highest BCUT2D eigenvalue weighted by molar-refractivity contribution is 8.03. The van der Waals surface area contributed by atoms with Crippen LogP contribution in [0.5, 0.6) is 0 Å². The van der Waals surface area contributed by atoms with Crippen molar-refractivity contribution in [2.24, 2.45) is 5.10 Å². The number of carbonyl (C=O) groups excluding carboxylic acids is 1. The summed E-state index contributed by atoms with van der Waals surface area (Å²) in [4.78, 5) is 12.4. The van der Waals surface area contributed by atoms with Crippen LogP contribution >= 0.6 is 47.1 Å². The van der Waals surface area contributed by atoms with Gasteiger partial charge in [-0.05, 0) is 31.5 Å². The van der Waals surface area contributed by atoms with Gasteiger partial charge in [-0.25, -0.2) is 5.43 Å². The zero-order chi connectivity index (χ0) is 22.1. The van der Waals surface area contributed by atoms with E-state index in [2.05, 4.69) is 57.2 Å². The molecule has 0 bridgehead atoms. The molecule has 0 saturated heterocycles. The summed E-state index contributed by atoms with van der Waals surface area (Å²) in [5.74, 6) is 0.807. The van der Waals surface area contributed by atoms with Gasteiger partial charge in [-0.1, -0.05) is 94.6 Å². The highest BCUT2D eigenvalue weighted by Gasteiger charge is 2.08. The summed E-state index contributed by atoms with van der Waals surface area (Å²) in [5, 5.41) is 15.2. The fourth-order valence-electron chi connectivity index (χ4n) is 2.28. The number of thioether (sulfide) groups is 2. The number of aromatic nitrogens is 2. The molecule has 2 N–H and O–H groups in total. The monoisotopic (exact) mass is 487 g/mol. The van der Waals surface area contributed by atoms with Gasteiger partial charge in [0.25, 0.3) is 5.91 Å². The van der Waals surface area contributed by atoms with Gasteiger partial charge in [0.05, 0.1) is 12.0 Å². The predicted molar refractivity (Wildman–Crippen MR) is 135 cm³/mol. The largest absolute Gasteiger partial charge is 0.345 e. The summed E-state index contributed by atoms with van der Waals surface area (Å²) in [5.41, 5.74) is 7.00. The molecule has 31 heavy (non-hydrogen) atoms. The lowest BCUT2D eigenvalue weighted by Gasteiger charge is -2.04. The molecule has 2 aromatic carbocycles. The van der Waals surface area contributed by atoms with E-state index in [9.17, 15) is 4.79 Å². The van der Waals surface area contributed by atoms with E-state index >= 15 is 0 Å². The summed E-state index contributed by atoms with van der Waals surface area (Å²) in [6, 6.07) is 16.3. The number of anilines is 1. The van der Waals surface area contributed by atoms with Crippen LogP contribution < -0.4 is 10.7 Å². The fraction of sp³-hybridized carbons (Fsp3) is 0.190. The highest BCUT2D eigenvalue weighted by atomic mass is 32.2. The molecule has 3 aromatic rings. The lowest BCUT2D eigenvalue weighted by molar-refractivity contribution is -0.118. The summed E-state index contributed by atoms with van der Waals surface area (Å²) >= 11 is 9.65. The number of hydrogen-bond donors (Lipinski definition) is 2. The molecule has 1 heterocycles. The molecule has 0 aliphatic carbocycles. The molecule has 0 spiro atoms. The van der Waals surface area contributed by atoms with E-state index in [0.29, 0.717) is 4.99 Å². The number of amides is 1. The third-order valence-corrected chi connectivity index (χ3v) is 7.36. The average Bonchev–Trinajstić information content (AvgIpc) is 3.21. The van der Waals surface area contributed by atoms with Gasteiger partial charge >= 0.3 is 0 Å². The minimum atomic E-state index is -0.233. The number of aryl methyl sites for hydroxylation is 2. The topological polar surface area (TPSA) is 79.3 Å². The van der Waals surface area contributed by atoms with Crippen LogP contribution in [0.1, 0.15) is 16.7 Å². The molecule has 10 heteroatoms. The van der Waals surface area contributed by atoms with Gasteiger partial charge in [0.2, 0.25) is 0 Å². The van der Waals surface area contributed by atoms with Crippen LogP contribution in [0, 0.1) is 13.8 Å². The van der Waals surface area contributed by atoms with Crippen molar-refractivity contribution in [1.82, 2.24) is 15.6 Å². The van der Waals surface area contributed by atoms with Crippen molar-refractivity contribution in [3.63, 3.8) is 0 Å². The fourth-order valence-corrected chi connectivity index (χ4v) is 5.22. The van der Waals surface area contributed by atoms with Crippen LogP contribution in [-0.4, -0.2) is 33.1 Å². The van der Waals surface area contributed by atoms with Gasteiger partial charge in [-0.2, -0.15) is 5.10 Å². The first-order chi connectivity index (χ1) is 15.0. The SMILES string of the molecule is Cc1ccc(CSc2nnc(SCC(=O)N/N=C/C(=S)Nc3ccc(C)cc3)s2)cc1. The van der Waals surface area contributed by atoms with Gasteiger partial charge in [0, 0.05) is 11.4 Å². The quantitative estimate of drug-likeness (QED) is 0.189. The van der Waals surface area contributed by atoms with Crippen molar-refractivity contribution in [3.05, 3.63) is 65.2 Å². The minimum Gasteiger partial charge on any atom is -0.345 e. The van der Waals surface area contributed by atoms with Gasteiger partial charge < -0.3 is 5.32 Å². The number of carbonyl (C=O) groups is 1. The smallest absolute Gasteiger partial charge is 0.250 e. The maximum Gasteiger partial charge on any atom is 0.250 e. The molecule has 6 nitrogen and oxygen atoms in total. The normalized spacial score (nSPS) is 10.9. The molecule has 0 atom stereocenters. The van der Waals surface area contributed by atoms with Gasteiger partial charge in [-0.3, -0.25) is 4.79 Å². The lowest BCUT2D eigenvalue weighted by Crippen LogP contribution is -2.21. The molecule has 0 saturated carbocycles. The zero-order valence-corrected chi connectivity index (χ0v) is 20.3. The zero-order valence-electron chi connectivity index (χ0n) is 17.0. The molecule has 0 radical (unpaired) electrons. The third-order valence-electron chi connectivity index (χ3n) is 3.89. The van der Waals surface area contributed by atoms with Crippen molar-refractivity contribution >= 4 is 69.9 Å². The molecule has 160 valence electrons. The van der Waals surface area contributed by atoms with Gasteiger partial charge in [0.1, 0.15) is 4.99 Å². The Balaban J connectivity index is 1.36. The Morgan fingerprint density at radius 3 is 2.32 bits per heavy atom. The Morgan fingerprint density at radius 1 is 1.03 bits per heavy atom. The van der Waals surface area contributed by atoms with Crippen molar-refractivity contribution in [2.45, 2.75) is 28.3 Å². The van der Waals surface area contributed by atoms with E-state index in [4.69, 9.17) is 12.2 Å². The molecular weight excluding hydrogens is 467 g/mol. The maximum absolute atomic E-state index is 12.0. The van der Waals surface area contributed by atoms with Crippen LogP contribution in [0.4, 0.5) is 5.69 Å². The molecule has 1 aromatic heterocycles.